The molecule has 0 spiro atoms. The monoisotopic (exact) mass is 231 g/mol. The van der Waals surface area contributed by atoms with Crippen LogP contribution in [0.25, 0.3) is 0 Å². The minimum atomic E-state index is -0.715. The lowest BCUT2D eigenvalue weighted by atomic mass is 9.95. The van der Waals surface area contributed by atoms with E-state index in [0.29, 0.717) is 0 Å². The maximum Gasteiger partial charge on any atom is 0.323 e. The van der Waals surface area contributed by atoms with Crippen molar-refractivity contribution < 1.29 is 19.4 Å². The SMILES string of the molecule is COC1CCCC(OC(=O)C(N)CCO)C1. The highest BCUT2D eigenvalue weighted by Gasteiger charge is 2.26. The van der Waals surface area contributed by atoms with Crippen molar-refractivity contribution in [1.82, 2.24) is 0 Å². The average molecular weight is 231 g/mol. The van der Waals surface area contributed by atoms with E-state index in [0.717, 1.165) is 25.7 Å². The summed E-state index contributed by atoms with van der Waals surface area (Å²) in [6.45, 7) is -0.0956. The largest absolute Gasteiger partial charge is 0.461 e. The Morgan fingerprint density at radius 3 is 2.81 bits per heavy atom. The molecule has 3 unspecified atom stereocenters. The number of carbonyl (C=O) groups excluding carboxylic acids is 1. The van der Waals surface area contributed by atoms with Gasteiger partial charge in [0.1, 0.15) is 12.1 Å². The summed E-state index contributed by atoms with van der Waals surface area (Å²) in [5.74, 6) is -0.421. The molecule has 94 valence electrons. The van der Waals surface area contributed by atoms with Crippen molar-refractivity contribution in [2.45, 2.75) is 50.4 Å². The highest BCUT2D eigenvalue weighted by molar-refractivity contribution is 5.75. The van der Waals surface area contributed by atoms with Gasteiger partial charge in [0.2, 0.25) is 0 Å². The molecule has 0 aromatic rings. The first-order chi connectivity index (χ1) is 7.67. The average Bonchev–Trinajstić information content (AvgIpc) is 2.29. The molecule has 0 heterocycles. The number of nitrogens with two attached hydrogens (primary N) is 1. The van der Waals surface area contributed by atoms with E-state index < -0.39 is 12.0 Å². The van der Waals surface area contributed by atoms with Crippen molar-refractivity contribution in [1.29, 1.82) is 0 Å². The highest BCUT2D eigenvalue weighted by Crippen LogP contribution is 2.23. The van der Waals surface area contributed by atoms with Gasteiger partial charge in [0.25, 0.3) is 0 Å². The summed E-state index contributed by atoms with van der Waals surface area (Å²) < 4.78 is 10.5. The normalized spacial score (nSPS) is 27.4. The second-order valence-corrected chi connectivity index (χ2v) is 4.20. The standard InChI is InChI=1S/C11H21NO4/c1-15-8-3-2-4-9(7-8)16-11(14)10(12)5-6-13/h8-10,13H,2-7,12H2,1H3. The second-order valence-electron chi connectivity index (χ2n) is 4.20. The Balaban J connectivity index is 2.32. The van der Waals surface area contributed by atoms with Crippen molar-refractivity contribution in [3.63, 3.8) is 0 Å². The van der Waals surface area contributed by atoms with Crippen LogP contribution < -0.4 is 5.73 Å². The van der Waals surface area contributed by atoms with Crippen molar-refractivity contribution >= 4 is 5.97 Å². The van der Waals surface area contributed by atoms with Crippen LogP contribution in [-0.4, -0.2) is 43.0 Å². The molecule has 3 atom stereocenters. The summed E-state index contributed by atoms with van der Waals surface area (Å²) in [5, 5.41) is 8.66. The van der Waals surface area contributed by atoms with Crippen molar-refractivity contribution in [2.75, 3.05) is 13.7 Å². The third-order valence-corrected chi connectivity index (χ3v) is 2.94. The van der Waals surface area contributed by atoms with Gasteiger partial charge in [-0.15, -0.1) is 0 Å². The first-order valence-electron chi connectivity index (χ1n) is 5.77. The molecule has 3 N–H and O–H groups in total. The van der Waals surface area contributed by atoms with E-state index in [1.165, 1.54) is 0 Å². The molecule has 0 radical (unpaired) electrons. The molecule has 1 saturated carbocycles. The Labute approximate surface area is 95.9 Å². The number of hydrogen-bond acceptors (Lipinski definition) is 5. The molecular formula is C11H21NO4. The van der Waals surface area contributed by atoms with Crippen LogP contribution in [0.5, 0.6) is 0 Å². The van der Waals surface area contributed by atoms with Gasteiger partial charge in [-0.3, -0.25) is 4.79 Å². The number of aliphatic hydroxyl groups is 1. The van der Waals surface area contributed by atoms with Crippen LogP contribution in [-0.2, 0) is 14.3 Å². The lowest BCUT2D eigenvalue weighted by molar-refractivity contribution is -0.154. The summed E-state index contributed by atoms with van der Waals surface area (Å²) in [6, 6.07) is -0.715. The van der Waals surface area contributed by atoms with Gasteiger partial charge < -0.3 is 20.3 Å². The number of carbonyl (C=O) groups is 1. The predicted octanol–water partition coefficient (Wildman–Crippen LogP) is 0.197. The molecule has 0 aromatic carbocycles. The summed E-state index contributed by atoms with van der Waals surface area (Å²) in [7, 11) is 1.67. The molecule has 1 rings (SSSR count). The Kier molecular flexibility index (Phi) is 5.73. The predicted molar refractivity (Wildman–Crippen MR) is 58.8 cm³/mol. The van der Waals surface area contributed by atoms with Gasteiger partial charge in [-0.2, -0.15) is 0 Å². The number of ether oxygens (including phenoxy) is 2. The first kappa shape index (κ1) is 13.4. The Hall–Kier alpha value is -0.650. The van der Waals surface area contributed by atoms with Crippen LogP contribution >= 0.6 is 0 Å². The molecule has 0 bridgehead atoms. The van der Waals surface area contributed by atoms with E-state index in [1.54, 1.807) is 7.11 Å². The fourth-order valence-electron chi connectivity index (χ4n) is 1.93. The second kappa shape index (κ2) is 6.83. The Morgan fingerprint density at radius 1 is 1.50 bits per heavy atom. The molecular weight excluding hydrogens is 210 g/mol. The summed E-state index contributed by atoms with van der Waals surface area (Å²) >= 11 is 0. The van der Waals surface area contributed by atoms with Gasteiger partial charge in [-0.1, -0.05) is 0 Å². The molecule has 16 heavy (non-hydrogen) atoms. The maximum absolute atomic E-state index is 11.5. The van der Waals surface area contributed by atoms with Crippen LogP contribution in [0, 0.1) is 0 Å². The van der Waals surface area contributed by atoms with Crippen LogP contribution in [0.2, 0.25) is 0 Å². The minimum absolute atomic E-state index is 0.0871. The molecule has 0 aliphatic heterocycles. The van der Waals surface area contributed by atoms with E-state index in [4.69, 9.17) is 20.3 Å². The molecule has 1 aliphatic rings. The molecule has 0 aromatic heterocycles. The zero-order valence-corrected chi connectivity index (χ0v) is 9.72. The molecule has 0 amide bonds. The minimum Gasteiger partial charge on any atom is -0.461 e. The smallest absolute Gasteiger partial charge is 0.323 e. The lowest BCUT2D eigenvalue weighted by Gasteiger charge is -2.28. The molecule has 1 fully saturated rings. The summed E-state index contributed by atoms with van der Waals surface area (Å²) in [6.07, 6.45) is 3.99. The number of aliphatic hydroxyl groups excluding tert-OH is 1. The van der Waals surface area contributed by atoms with Gasteiger partial charge >= 0.3 is 5.97 Å². The topological polar surface area (TPSA) is 81.8 Å². The van der Waals surface area contributed by atoms with Gasteiger partial charge in [0.05, 0.1) is 6.10 Å². The van der Waals surface area contributed by atoms with E-state index in [-0.39, 0.29) is 25.2 Å². The number of rotatable bonds is 5. The maximum atomic E-state index is 11.5. The zero-order chi connectivity index (χ0) is 12.0. The van der Waals surface area contributed by atoms with Crippen molar-refractivity contribution in [3.05, 3.63) is 0 Å². The number of methoxy groups -OCH3 is 1. The highest BCUT2D eigenvalue weighted by atomic mass is 16.5. The lowest BCUT2D eigenvalue weighted by Crippen LogP contribution is -2.38. The molecule has 5 heteroatoms. The van der Waals surface area contributed by atoms with Crippen molar-refractivity contribution in [2.24, 2.45) is 5.73 Å². The van der Waals surface area contributed by atoms with Gasteiger partial charge in [0, 0.05) is 20.1 Å². The summed E-state index contributed by atoms with van der Waals surface area (Å²) in [4.78, 5) is 11.5. The molecule has 1 aliphatic carbocycles. The quantitative estimate of drug-likeness (QED) is 0.660. The van der Waals surface area contributed by atoms with E-state index in [9.17, 15) is 4.79 Å². The fourth-order valence-corrected chi connectivity index (χ4v) is 1.93. The van der Waals surface area contributed by atoms with E-state index >= 15 is 0 Å². The van der Waals surface area contributed by atoms with Gasteiger partial charge in [0.15, 0.2) is 0 Å². The number of hydrogen-bond donors (Lipinski definition) is 2. The molecule has 0 saturated heterocycles. The zero-order valence-electron chi connectivity index (χ0n) is 9.72. The van der Waals surface area contributed by atoms with Gasteiger partial charge in [-0.05, 0) is 25.7 Å². The summed E-state index contributed by atoms with van der Waals surface area (Å²) in [5.41, 5.74) is 5.55. The Bertz CT molecular complexity index is 222. The van der Waals surface area contributed by atoms with Crippen molar-refractivity contribution in [3.8, 4) is 0 Å². The van der Waals surface area contributed by atoms with Crippen LogP contribution in [0.4, 0.5) is 0 Å². The first-order valence-corrected chi connectivity index (χ1v) is 5.77. The van der Waals surface area contributed by atoms with Gasteiger partial charge in [-0.25, -0.2) is 0 Å². The van der Waals surface area contributed by atoms with E-state index in [1.807, 2.05) is 0 Å². The van der Waals surface area contributed by atoms with Crippen LogP contribution in [0.15, 0.2) is 0 Å². The third-order valence-electron chi connectivity index (χ3n) is 2.94. The van der Waals surface area contributed by atoms with Crippen LogP contribution in [0.1, 0.15) is 32.1 Å². The number of esters is 1. The molecule has 5 nitrogen and oxygen atoms in total. The fraction of sp³-hybridized carbons (Fsp3) is 0.909. The van der Waals surface area contributed by atoms with Crippen LogP contribution in [0.3, 0.4) is 0 Å². The third kappa shape index (κ3) is 4.08. The van der Waals surface area contributed by atoms with E-state index in [2.05, 4.69) is 0 Å². The Morgan fingerprint density at radius 2 is 2.19 bits per heavy atom.